The van der Waals surface area contributed by atoms with Crippen LogP contribution in [0.2, 0.25) is 10.0 Å². The molecule has 2 aromatic carbocycles. The number of carbonyl (C=O) groups excluding carboxylic acids is 1. The summed E-state index contributed by atoms with van der Waals surface area (Å²) in [6.45, 7) is 0.271. The molecule has 1 unspecified atom stereocenters. The summed E-state index contributed by atoms with van der Waals surface area (Å²) in [5, 5.41) is 9.47. The molecule has 0 radical (unpaired) electrons. The van der Waals surface area contributed by atoms with Crippen LogP contribution in [0.25, 0.3) is 5.69 Å². The number of hydrogen-bond acceptors (Lipinski definition) is 5. The van der Waals surface area contributed by atoms with Gasteiger partial charge in [0.25, 0.3) is 0 Å². The summed E-state index contributed by atoms with van der Waals surface area (Å²) < 4.78 is 28.5. The second-order valence-corrected chi connectivity index (χ2v) is 12.0. The van der Waals surface area contributed by atoms with Crippen molar-refractivity contribution < 1.29 is 13.2 Å². The van der Waals surface area contributed by atoms with Crippen molar-refractivity contribution in [1.29, 1.82) is 0 Å². The van der Waals surface area contributed by atoms with E-state index >= 15 is 0 Å². The first-order chi connectivity index (χ1) is 16.6. The second kappa shape index (κ2) is 10.9. The zero-order chi connectivity index (χ0) is 25.2. The number of likely N-dealkylation sites (tertiary alicyclic amines) is 1. The molecule has 1 aliphatic heterocycles. The molecule has 1 aliphatic rings. The van der Waals surface area contributed by atoms with E-state index in [1.165, 1.54) is 6.07 Å². The van der Waals surface area contributed by atoms with E-state index in [9.17, 15) is 13.2 Å². The van der Waals surface area contributed by atoms with Gasteiger partial charge in [0.15, 0.2) is 0 Å². The van der Waals surface area contributed by atoms with Gasteiger partial charge in [-0.2, -0.15) is 0 Å². The van der Waals surface area contributed by atoms with E-state index in [4.69, 9.17) is 23.2 Å². The molecule has 0 bridgehead atoms. The number of anilines is 1. The number of nitrogens with zero attached hydrogens (tertiary/aromatic N) is 5. The van der Waals surface area contributed by atoms with Gasteiger partial charge in [-0.3, -0.25) is 9.10 Å². The lowest BCUT2D eigenvalue weighted by atomic mass is 9.98. The van der Waals surface area contributed by atoms with Crippen molar-refractivity contribution in [2.24, 2.45) is 0 Å². The molecule has 1 fully saturated rings. The minimum Gasteiger partial charge on any atom is -0.338 e. The Morgan fingerprint density at radius 2 is 2.00 bits per heavy atom. The smallest absolute Gasteiger partial charge is 0.243 e. The first-order valence-electron chi connectivity index (χ1n) is 11.0. The van der Waals surface area contributed by atoms with Gasteiger partial charge in [-0.25, -0.2) is 13.1 Å². The van der Waals surface area contributed by atoms with Crippen LogP contribution in [0, 0.1) is 0 Å². The van der Waals surface area contributed by atoms with Crippen molar-refractivity contribution in [3.63, 3.8) is 0 Å². The zero-order valence-corrected chi connectivity index (χ0v) is 22.9. The van der Waals surface area contributed by atoms with Gasteiger partial charge in [0, 0.05) is 28.5 Å². The van der Waals surface area contributed by atoms with Crippen molar-refractivity contribution in [2.45, 2.75) is 31.7 Å². The maximum atomic E-state index is 13.3. The molecule has 12 heteroatoms. The molecule has 0 N–H and O–H groups in total. The average molecular weight is 601 g/mol. The van der Waals surface area contributed by atoms with Gasteiger partial charge in [0.05, 0.1) is 34.5 Å². The molecule has 1 amide bonds. The molecular formula is C23H24BrCl2N5O3S. The minimum absolute atomic E-state index is 0.101. The van der Waals surface area contributed by atoms with Gasteiger partial charge >= 0.3 is 0 Å². The van der Waals surface area contributed by atoms with Gasteiger partial charge in [0.1, 0.15) is 6.54 Å². The standard InChI is InChI=1S/C23H24BrCl2N5O3S/c1-35(33,34)31(20-7-4-5-16(25)11-20)15-23(32)29-10-3-2-6-18(29)12-17-14-30(28-27-17)19-8-9-21(24)22(26)13-19/h4-5,7-9,11,13-14,18H,2-3,6,10,12,15H2,1H3. The highest BCUT2D eigenvalue weighted by Gasteiger charge is 2.31. The summed E-state index contributed by atoms with van der Waals surface area (Å²) in [6.07, 6.45) is 6.08. The molecule has 186 valence electrons. The first-order valence-corrected chi connectivity index (χ1v) is 14.4. The van der Waals surface area contributed by atoms with Crippen LogP contribution < -0.4 is 4.31 Å². The van der Waals surface area contributed by atoms with Gasteiger partial charge in [-0.05, 0) is 71.6 Å². The first kappa shape index (κ1) is 25.9. The van der Waals surface area contributed by atoms with Crippen molar-refractivity contribution in [2.75, 3.05) is 23.7 Å². The Morgan fingerprint density at radius 3 is 2.71 bits per heavy atom. The van der Waals surface area contributed by atoms with Gasteiger partial charge < -0.3 is 4.90 Å². The van der Waals surface area contributed by atoms with Crippen LogP contribution in [0.5, 0.6) is 0 Å². The van der Waals surface area contributed by atoms with Crippen LogP contribution in [-0.2, 0) is 21.2 Å². The number of piperidine rings is 1. The number of halogens is 3. The monoisotopic (exact) mass is 599 g/mol. The van der Waals surface area contributed by atoms with Gasteiger partial charge in [-0.1, -0.05) is 34.5 Å². The summed E-state index contributed by atoms with van der Waals surface area (Å²) in [6, 6.07) is 11.9. The van der Waals surface area contributed by atoms with Crippen LogP contribution in [0.1, 0.15) is 25.0 Å². The fraction of sp³-hybridized carbons (Fsp3) is 0.348. The molecule has 3 aromatic rings. The number of rotatable bonds is 7. The van der Waals surface area contributed by atoms with E-state index in [-0.39, 0.29) is 18.5 Å². The minimum atomic E-state index is -3.69. The van der Waals surface area contributed by atoms with E-state index in [2.05, 4.69) is 26.2 Å². The highest BCUT2D eigenvalue weighted by Crippen LogP contribution is 2.26. The Balaban J connectivity index is 1.51. The predicted octanol–water partition coefficient (Wildman–Crippen LogP) is 4.73. The quantitative estimate of drug-likeness (QED) is 0.391. The summed E-state index contributed by atoms with van der Waals surface area (Å²) in [7, 11) is -3.69. The molecule has 0 saturated carbocycles. The number of hydrogen-bond donors (Lipinski definition) is 0. The summed E-state index contributed by atoms with van der Waals surface area (Å²) in [4.78, 5) is 15.1. The van der Waals surface area contributed by atoms with Gasteiger partial charge in [0.2, 0.25) is 15.9 Å². The molecule has 4 rings (SSSR count). The maximum Gasteiger partial charge on any atom is 0.243 e. The molecule has 1 saturated heterocycles. The largest absolute Gasteiger partial charge is 0.338 e. The average Bonchev–Trinajstić information content (AvgIpc) is 3.27. The summed E-state index contributed by atoms with van der Waals surface area (Å²) >= 11 is 15.6. The Kier molecular flexibility index (Phi) is 8.05. The molecule has 1 aromatic heterocycles. The lowest BCUT2D eigenvalue weighted by molar-refractivity contribution is -0.133. The third kappa shape index (κ3) is 6.35. The summed E-state index contributed by atoms with van der Waals surface area (Å²) in [5.41, 5.74) is 1.88. The Labute approximate surface area is 223 Å². The molecule has 0 aliphatic carbocycles. The van der Waals surface area contributed by atoms with Crippen molar-refractivity contribution in [3.8, 4) is 5.69 Å². The Morgan fingerprint density at radius 1 is 1.20 bits per heavy atom. The van der Waals surface area contributed by atoms with Crippen LogP contribution in [0.4, 0.5) is 5.69 Å². The molecular weight excluding hydrogens is 577 g/mol. The normalized spacial score (nSPS) is 16.3. The van der Waals surface area contributed by atoms with E-state index in [0.717, 1.165) is 45.7 Å². The van der Waals surface area contributed by atoms with Crippen LogP contribution in [0.3, 0.4) is 0 Å². The highest BCUT2D eigenvalue weighted by molar-refractivity contribution is 9.10. The van der Waals surface area contributed by atoms with Crippen molar-refractivity contribution in [1.82, 2.24) is 19.9 Å². The van der Waals surface area contributed by atoms with E-state index in [1.807, 2.05) is 18.3 Å². The van der Waals surface area contributed by atoms with E-state index in [0.29, 0.717) is 28.7 Å². The zero-order valence-electron chi connectivity index (χ0n) is 18.9. The molecule has 8 nitrogen and oxygen atoms in total. The van der Waals surface area contributed by atoms with E-state index < -0.39 is 10.0 Å². The predicted molar refractivity (Wildman–Crippen MR) is 141 cm³/mol. The number of aromatic nitrogens is 3. The van der Waals surface area contributed by atoms with Crippen molar-refractivity contribution >= 4 is 60.7 Å². The van der Waals surface area contributed by atoms with Gasteiger partial charge in [-0.15, -0.1) is 5.10 Å². The molecule has 1 atom stereocenters. The van der Waals surface area contributed by atoms with Crippen molar-refractivity contribution in [3.05, 3.63) is 68.9 Å². The molecule has 35 heavy (non-hydrogen) atoms. The Hall–Kier alpha value is -2.14. The topological polar surface area (TPSA) is 88.4 Å². The van der Waals surface area contributed by atoms with Crippen LogP contribution >= 0.6 is 39.1 Å². The number of sulfonamides is 1. The maximum absolute atomic E-state index is 13.3. The lowest BCUT2D eigenvalue weighted by Gasteiger charge is -2.37. The fourth-order valence-corrected chi connectivity index (χ4v) is 5.62. The van der Waals surface area contributed by atoms with Crippen LogP contribution in [0.15, 0.2) is 53.1 Å². The SMILES string of the molecule is CS(=O)(=O)N(CC(=O)N1CCCCC1Cc1cn(-c2ccc(Br)c(Cl)c2)nn1)c1cccc(Cl)c1. The second-order valence-electron chi connectivity index (χ2n) is 8.44. The van der Waals surface area contributed by atoms with Crippen LogP contribution in [-0.4, -0.2) is 59.6 Å². The van der Waals surface area contributed by atoms with E-state index in [1.54, 1.807) is 33.8 Å². The Bertz CT molecular complexity index is 1330. The molecule has 0 spiro atoms. The summed E-state index contributed by atoms with van der Waals surface area (Å²) in [5.74, 6) is -0.257. The third-order valence-corrected chi connectivity index (χ3v) is 8.48. The number of carbonyl (C=O) groups is 1. The third-order valence-electron chi connectivity index (χ3n) is 5.88. The lowest BCUT2D eigenvalue weighted by Crippen LogP contribution is -2.49. The molecule has 2 heterocycles. The fourth-order valence-electron chi connectivity index (χ4n) is 4.17. The number of amides is 1. The highest BCUT2D eigenvalue weighted by atomic mass is 79.9. The number of benzene rings is 2.